The lowest BCUT2D eigenvalue weighted by Gasteiger charge is -2.08. The summed E-state index contributed by atoms with van der Waals surface area (Å²) in [6.07, 6.45) is -0.412. The van der Waals surface area contributed by atoms with Crippen LogP contribution in [0.5, 0.6) is 5.75 Å². The van der Waals surface area contributed by atoms with Crippen LogP contribution in [0.2, 0.25) is 0 Å². The second-order valence-corrected chi connectivity index (χ2v) is 5.76. The van der Waals surface area contributed by atoms with Crippen LogP contribution in [-0.2, 0) is 19.6 Å². The van der Waals surface area contributed by atoms with Gasteiger partial charge in [-0.1, -0.05) is 0 Å². The number of sulfonamides is 1. The molecule has 1 rings (SSSR count). The molecule has 0 saturated carbocycles. The molecule has 9 heteroatoms. The van der Waals surface area contributed by atoms with Crippen LogP contribution < -0.4 is 9.46 Å². The Morgan fingerprint density at radius 2 is 1.95 bits per heavy atom. The van der Waals surface area contributed by atoms with E-state index in [0.29, 0.717) is 0 Å². The van der Waals surface area contributed by atoms with Crippen molar-refractivity contribution in [2.24, 2.45) is 0 Å². The van der Waals surface area contributed by atoms with Crippen LogP contribution in [0.15, 0.2) is 18.2 Å². The highest BCUT2D eigenvalue weighted by atomic mass is 32.2. The summed E-state index contributed by atoms with van der Waals surface area (Å²) >= 11 is 0. The molecule has 7 nitrogen and oxygen atoms in total. The van der Waals surface area contributed by atoms with E-state index < -0.39 is 45.5 Å². The summed E-state index contributed by atoms with van der Waals surface area (Å²) in [5.74, 6) is -3.22. The topological polar surface area (TPSA) is 98.8 Å². The predicted molar refractivity (Wildman–Crippen MR) is 70.8 cm³/mol. The second kappa shape index (κ2) is 7.02. The van der Waals surface area contributed by atoms with Crippen molar-refractivity contribution in [3.8, 4) is 5.75 Å². The van der Waals surface area contributed by atoms with Crippen LogP contribution in [0, 0.1) is 5.82 Å². The summed E-state index contributed by atoms with van der Waals surface area (Å²) in [4.78, 5) is 22.6. The van der Waals surface area contributed by atoms with Gasteiger partial charge < -0.3 is 9.47 Å². The molecule has 0 aliphatic heterocycles. The molecule has 0 unspecified atom stereocenters. The van der Waals surface area contributed by atoms with E-state index in [9.17, 15) is 22.4 Å². The lowest BCUT2D eigenvalue weighted by atomic mass is 10.2. The average molecular weight is 319 g/mol. The van der Waals surface area contributed by atoms with E-state index in [0.717, 1.165) is 19.2 Å². The average Bonchev–Trinajstić information content (AvgIpc) is 2.43. The van der Waals surface area contributed by atoms with Crippen LogP contribution in [0.1, 0.15) is 16.8 Å². The summed E-state index contributed by atoms with van der Waals surface area (Å²) in [6.45, 7) is 0. The Hall–Kier alpha value is -2.16. The van der Waals surface area contributed by atoms with E-state index in [2.05, 4.69) is 4.74 Å². The molecular formula is C12H14FNO6S. The molecular weight excluding hydrogens is 305 g/mol. The van der Waals surface area contributed by atoms with Gasteiger partial charge in [0.05, 0.1) is 32.0 Å². The Kier molecular flexibility index (Phi) is 5.65. The fourth-order valence-electron chi connectivity index (χ4n) is 1.37. The van der Waals surface area contributed by atoms with Crippen molar-refractivity contribution in [1.82, 2.24) is 4.72 Å². The normalized spacial score (nSPS) is 10.8. The molecule has 21 heavy (non-hydrogen) atoms. The van der Waals surface area contributed by atoms with Crippen molar-refractivity contribution < 1.29 is 31.9 Å². The van der Waals surface area contributed by atoms with Crippen LogP contribution in [0.25, 0.3) is 0 Å². The van der Waals surface area contributed by atoms with Gasteiger partial charge in [0.1, 0.15) is 11.6 Å². The monoisotopic (exact) mass is 319 g/mol. The van der Waals surface area contributed by atoms with Gasteiger partial charge in [0, 0.05) is 6.07 Å². The third-order valence-electron chi connectivity index (χ3n) is 2.47. The van der Waals surface area contributed by atoms with E-state index in [1.807, 2.05) is 0 Å². The maximum Gasteiger partial charge on any atom is 0.306 e. The highest BCUT2D eigenvalue weighted by Gasteiger charge is 2.20. The second-order valence-electron chi connectivity index (χ2n) is 3.92. The SMILES string of the molecule is COC(=O)CCS(=O)(=O)NC(=O)c1ccc(OC)cc1F. The lowest BCUT2D eigenvalue weighted by Crippen LogP contribution is -2.33. The van der Waals surface area contributed by atoms with Gasteiger partial charge in [0.2, 0.25) is 10.0 Å². The first-order valence-corrected chi connectivity index (χ1v) is 7.39. The summed E-state index contributed by atoms with van der Waals surface area (Å²) in [7, 11) is -1.63. The smallest absolute Gasteiger partial charge is 0.306 e. The summed E-state index contributed by atoms with van der Waals surface area (Å²) in [5.41, 5.74) is -0.447. The van der Waals surface area contributed by atoms with Crippen LogP contribution in [-0.4, -0.2) is 40.3 Å². The Balaban J connectivity index is 2.78. The first-order valence-electron chi connectivity index (χ1n) is 5.74. The van der Waals surface area contributed by atoms with E-state index in [4.69, 9.17) is 4.74 Å². The van der Waals surface area contributed by atoms with Crippen molar-refractivity contribution >= 4 is 21.9 Å². The number of nitrogens with one attached hydrogen (secondary N) is 1. The highest BCUT2D eigenvalue weighted by Crippen LogP contribution is 2.16. The standard InChI is InChI=1S/C12H14FNO6S/c1-19-8-3-4-9(10(13)7-8)12(16)14-21(17,18)6-5-11(15)20-2/h3-4,7H,5-6H2,1-2H3,(H,14,16). The van der Waals surface area contributed by atoms with Gasteiger partial charge in [-0.25, -0.2) is 17.5 Å². The molecule has 116 valence electrons. The summed E-state index contributed by atoms with van der Waals surface area (Å²) in [5, 5.41) is 0. The first-order chi connectivity index (χ1) is 9.79. The molecule has 0 saturated heterocycles. The van der Waals surface area contributed by atoms with Gasteiger partial charge >= 0.3 is 5.97 Å². The van der Waals surface area contributed by atoms with Crippen LogP contribution in [0.3, 0.4) is 0 Å². The maximum absolute atomic E-state index is 13.6. The molecule has 0 aliphatic rings. The Morgan fingerprint density at radius 3 is 2.48 bits per heavy atom. The maximum atomic E-state index is 13.6. The molecule has 1 aromatic rings. The number of rotatable bonds is 6. The molecule has 0 aliphatic carbocycles. The van der Waals surface area contributed by atoms with Crippen molar-refractivity contribution in [2.75, 3.05) is 20.0 Å². The Bertz CT molecular complexity index is 643. The first kappa shape index (κ1) is 16.9. The fourth-order valence-corrected chi connectivity index (χ4v) is 2.30. The number of halogens is 1. The number of carbonyl (C=O) groups excluding carboxylic acids is 2. The van der Waals surface area contributed by atoms with Gasteiger partial charge in [-0.2, -0.15) is 0 Å². The number of esters is 1. The third kappa shape index (κ3) is 5.03. The number of ether oxygens (including phenoxy) is 2. The highest BCUT2D eigenvalue weighted by molar-refractivity contribution is 7.90. The van der Waals surface area contributed by atoms with Gasteiger partial charge in [0.15, 0.2) is 0 Å². The zero-order chi connectivity index (χ0) is 16.0. The molecule has 1 aromatic carbocycles. The van der Waals surface area contributed by atoms with Crippen molar-refractivity contribution in [1.29, 1.82) is 0 Å². The van der Waals surface area contributed by atoms with E-state index in [1.165, 1.54) is 13.2 Å². The minimum Gasteiger partial charge on any atom is -0.497 e. The van der Waals surface area contributed by atoms with Crippen LogP contribution in [0.4, 0.5) is 4.39 Å². The molecule has 0 heterocycles. The molecule has 0 aromatic heterocycles. The number of benzene rings is 1. The minimum absolute atomic E-state index is 0.192. The zero-order valence-electron chi connectivity index (χ0n) is 11.4. The quantitative estimate of drug-likeness (QED) is 0.765. The molecule has 0 atom stereocenters. The van der Waals surface area contributed by atoms with E-state index >= 15 is 0 Å². The molecule has 1 amide bonds. The van der Waals surface area contributed by atoms with Gasteiger partial charge in [-0.05, 0) is 12.1 Å². The number of carbonyl (C=O) groups is 2. The minimum atomic E-state index is -4.06. The fraction of sp³-hybridized carbons (Fsp3) is 0.333. The predicted octanol–water partition coefficient (Wildman–Crippen LogP) is 0.457. The summed E-state index contributed by atoms with van der Waals surface area (Å²) in [6, 6.07) is 3.37. The zero-order valence-corrected chi connectivity index (χ0v) is 12.2. The third-order valence-corrected chi connectivity index (χ3v) is 3.71. The van der Waals surface area contributed by atoms with Crippen molar-refractivity contribution in [3.05, 3.63) is 29.6 Å². The molecule has 1 N–H and O–H groups in total. The number of hydrogen-bond acceptors (Lipinski definition) is 6. The number of hydrogen-bond donors (Lipinski definition) is 1. The van der Waals surface area contributed by atoms with Crippen molar-refractivity contribution in [2.45, 2.75) is 6.42 Å². The molecule has 0 bridgehead atoms. The Labute approximate surface area is 121 Å². The van der Waals surface area contributed by atoms with Gasteiger partial charge in [0.25, 0.3) is 5.91 Å². The van der Waals surface area contributed by atoms with Gasteiger partial charge in [-0.3, -0.25) is 9.59 Å². The molecule has 0 fully saturated rings. The number of amides is 1. The Morgan fingerprint density at radius 1 is 1.29 bits per heavy atom. The van der Waals surface area contributed by atoms with Crippen molar-refractivity contribution in [3.63, 3.8) is 0 Å². The van der Waals surface area contributed by atoms with Gasteiger partial charge in [-0.15, -0.1) is 0 Å². The van der Waals surface area contributed by atoms with Crippen LogP contribution >= 0.6 is 0 Å². The lowest BCUT2D eigenvalue weighted by molar-refractivity contribution is -0.140. The molecule has 0 spiro atoms. The largest absolute Gasteiger partial charge is 0.497 e. The number of methoxy groups -OCH3 is 2. The molecule has 0 radical (unpaired) electrons. The summed E-state index contributed by atoms with van der Waals surface area (Å²) < 4.78 is 47.5. The van der Waals surface area contributed by atoms with E-state index in [1.54, 1.807) is 4.72 Å². The van der Waals surface area contributed by atoms with E-state index in [-0.39, 0.29) is 5.75 Å².